The van der Waals surface area contributed by atoms with Crippen LogP contribution in [0, 0.1) is 5.92 Å². The third kappa shape index (κ3) is 6.42. The Bertz CT molecular complexity index is 172. The molecule has 0 aromatic rings. The van der Waals surface area contributed by atoms with Crippen LogP contribution in [0.5, 0.6) is 0 Å². The smallest absolute Gasteiger partial charge is 0.0603 e. The zero-order valence-corrected chi connectivity index (χ0v) is 11.8. The van der Waals surface area contributed by atoms with Crippen molar-refractivity contribution in [3.05, 3.63) is 0 Å². The monoisotopic (exact) mass is 241 g/mol. The van der Waals surface area contributed by atoms with Gasteiger partial charge in [-0.25, -0.2) is 0 Å². The van der Waals surface area contributed by atoms with Crippen molar-refractivity contribution in [3.63, 3.8) is 0 Å². The molecule has 0 amide bonds. The molecule has 0 aromatic carbocycles. The van der Waals surface area contributed by atoms with E-state index >= 15 is 0 Å². The molecule has 1 saturated carbocycles. The van der Waals surface area contributed by atoms with Gasteiger partial charge in [0.15, 0.2) is 0 Å². The lowest BCUT2D eigenvalue weighted by Crippen LogP contribution is -2.30. The Labute approximate surface area is 108 Å². The summed E-state index contributed by atoms with van der Waals surface area (Å²) in [5.74, 6) is 0.823. The second-order valence-corrected chi connectivity index (χ2v) is 5.32. The molecule has 2 unspecified atom stereocenters. The highest BCUT2D eigenvalue weighted by Crippen LogP contribution is 2.28. The number of nitrogens with one attached hydrogen (secondary N) is 1. The quantitative estimate of drug-likeness (QED) is 0.621. The molecule has 0 aromatic heterocycles. The third-order valence-electron chi connectivity index (χ3n) is 3.93. The fraction of sp³-hybridized carbons (Fsp3) is 1.00. The van der Waals surface area contributed by atoms with Gasteiger partial charge in [0.1, 0.15) is 0 Å². The van der Waals surface area contributed by atoms with E-state index in [0.29, 0.717) is 6.10 Å². The van der Waals surface area contributed by atoms with E-state index in [-0.39, 0.29) is 0 Å². The second-order valence-electron chi connectivity index (χ2n) is 5.32. The fourth-order valence-corrected chi connectivity index (χ4v) is 2.77. The highest BCUT2D eigenvalue weighted by Gasteiger charge is 2.23. The van der Waals surface area contributed by atoms with Crippen LogP contribution >= 0.6 is 0 Å². The van der Waals surface area contributed by atoms with Crippen molar-refractivity contribution in [3.8, 4) is 0 Å². The van der Waals surface area contributed by atoms with Gasteiger partial charge in [0, 0.05) is 6.54 Å². The van der Waals surface area contributed by atoms with E-state index in [1.54, 1.807) is 0 Å². The van der Waals surface area contributed by atoms with Crippen LogP contribution in [0.4, 0.5) is 0 Å². The normalized spacial score (nSPS) is 25.1. The van der Waals surface area contributed by atoms with Gasteiger partial charge in [-0.1, -0.05) is 46.0 Å². The lowest BCUT2D eigenvalue weighted by Gasteiger charge is -2.30. The Hall–Kier alpha value is -0.0800. The van der Waals surface area contributed by atoms with Crippen molar-refractivity contribution in [1.29, 1.82) is 0 Å². The molecule has 0 saturated heterocycles. The summed E-state index contributed by atoms with van der Waals surface area (Å²) in [5.41, 5.74) is 0. The first-order valence-corrected chi connectivity index (χ1v) is 7.70. The summed E-state index contributed by atoms with van der Waals surface area (Å²) in [4.78, 5) is 0. The molecule has 1 rings (SSSR count). The maximum atomic E-state index is 6.03. The van der Waals surface area contributed by atoms with E-state index in [1.807, 2.05) is 0 Å². The lowest BCUT2D eigenvalue weighted by atomic mass is 9.85. The third-order valence-corrected chi connectivity index (χ3v) is 3.93. The minimum absolute atomic E-state index is 0.547. The van der Waals surface area contributed by atoms with Gasteiger partial charge in [-0.3, -0.25) is 0 Å². The van der Waals surface area contributed by atoms with Gasteiger partial charge in [-0.2, -0.15) is 0 Å². The highest BCUT2D eigenvalue weighted by atomic mass is 16.5. The summed E-state index contributed by atoms with van der Waals surface area (Å²) in [7, 11) is 0. The standard InChI is InChI=1S/C15H31NO/c1-3-5-8-11-16-12-13-17-15-10-7-6-9-14(15)4-2/h14-16H,3-13H2,1-2H3. The number of hydrogen-bond donors (Lipinski definition) is 1. The maximum absolute atomic E-state index is 6.03. The molecule has 2 nitrogen and oxygen atoms in total. The van der Waals surface area contributed by atoms with Crippen LogP contribution < -0.4 is 5.32 Å². The molecule has 1 fully saturated rings. The van der Waals surface area contributed by atoms with Crippen LogP contribution in [0.3, 0.4) is 0 Å². The van der Waals surface area contributed by atoms with Crippen molar-refractivity contribution in [2.75, 3.05) is 19.7 Å². The van der Waals surface area contributed by atoms with Crippen LogP contribution in [-0.4, -0.2) is 25.8 Å². The molecule has 0 bridgehead atoms. The van der Waals surface area contributed by atoms with Crippen molar-refractivity contribution < 1.29 is 4.74 Å². The van der Waals surface area contributed by atoms with Crippen molar-refractivity contribution in [2.24, 2.45) is 5.92 Å². The maximum Gasteiger partial charge on any atom is 0.0603 e. The minimum atomic E-state index is 0.547. The van der Waals surface area contributed by atoms with Crippen molar-refractivity contribution >= 4 is 0 Å². The molecule has 102 valence electrons. The molecular formula is C15H31NO. The molecule has 17 heavy (non-hydrogen) atoms. The molecule has 0 radical (unpaired) electrons. The van der Waals surface area contributed by atoms with Crippen LogP contribution in [-0.2, 0) is 4.74 Å². The molecule has 2 heteroatoms. The van der Waals surface area contributed by atoms with E-state index < -0.39 is 0 Å². The molecule has 0 spiro atoms. The van der Waals surface area contributed by atoms with Gasteiger partial charge >= 0.3 is 0 Å². The average Bonchev–Trinajstić information content (AvgIpc) is 2.38. The zero-order valence-electron chi connectivity index (χ0n) is 11.8. The van der Waals surface area contributed by atoms with Gasteiger partial charge in [0.05, 0.1) is 12.7 Å². The van der Waals surface area contributed by atoms with Crippen LogP contribution in [0.1, 0.15) is 65.2 Å². The summed E-state index contributed by atoms with van der Waals surface area (Å²) in [6, 6.07) is 0. The summed E-state index contributed by atoms with van der Waals surface area (Å²) >= 11 is 0. The van der Waals surface area contributed by atoms with Gasteiger partial charge in [-0.15, -0.1) is 0 Å². The van der Waals surface area contributed by atoms with E-state index in [4.69, 9.17) is 4.74 Å². The lowest BCUT2D eigenvalue weighted by molar-refractivity contribution is -0.0102. The molecule has 0 aliphatic heterocycles. The van der Waals surface area contributed by atoms with E-state index in [2.05, 4.69) is 19.2 Å². The van der Waals surface area contributed by atoms with Crippen LogP contribution in [0.25, 0.3) is 0 Å². The van der Waals surface area contributed by atoms with Gasteiger partial charge < -0.3 is 10.1 Å². The Morgan fingerprint density at radius 2 is 1.88 bits per heavy atom. The Kier molecular flexibility index (Phi) is 8.72. The predicted molar refractivity (Wildman–Crippen MR) is 74.4 cm³/mol. The molecule has 1 N–H and O–H groups in total. The number of rotatable bonds is 9. The van der Waals surface area contributed by atoms with Gasteiger partial charge in [-0.05, 0) is 31.7 Å². The minimum Gasteiger partial charge on any atom is -0.377 e. The average molecular weight is 241 g/mol. The Balaban J connectivity index is 1.97. The Morgan fingerprint density at radius 3 is 2.65 bits per heavy atom. The summed E-state index contributed by atoms with van der Waals surface area (Å²) < 4.78 is 6.03. The van der Waals surface area contributed by atoms with Gasteiger partial charge in [0.2, 0.25) is 0 Å². The van der Waals surface area contributed by atoms with Gasteiger partial charge in [0.25, 0.3) is 0 Å². The molecular weight excluding hydrogens is 210 g/mol. The van der Waals surface area contributed by atoms with E-state index in [0.717, 1.165) is 25.6 Å². The highest BCUT2D eigenvalue weighted by molar-refractivity contribution is 4.74. The molecule has 1 aliphatic rings. The first-order valence-electron chi connectivity index (χ1n) is 7.70. The zero-order chi connectivity index (χ0) is 12.3. The van der Waals surface area contributed by atoms with E-state index in [9.17, 15) is 0 Å². The largest absolute Gasteiger partial charge is 0.377 e. The second kappa shape index (κ2) is 9.90. The molecule has 0 heterocycles. The topological polar surface area (TPSA) is 21.3 Å². The SMILES string of the molecule is CCCCCNCCOC1CCCCC1CC. The first-order chi connectivity index (χ1) is 8.38. The number of unbranched alkanes of at least 4 members (excludes halogenated alkanes) is 2. The predicted octanol–water partition coefficient (Wildman–Crippen LogP) is 3.75. The Morgan fingerprint density at radius 1 is 1.06 bits per heavy atom. The fourth-order valence-electron chi connectivity index (χ4n) is 2.77. The summed E-state index contributed by atoms with van der Waals surface area (Å²) in [6.07, 6.45) is 11.2. The first kappa shape index (κ1) is 15.0. The molecule has 1 aliphatic carbocycles. The number of ether oxygens (including phenoxy) is 1. The summed E-state index contributed by atoms with van der Waals surface area (Å²) in [5, 5.41) is 3.47. The van der Waals surface area contributed by atoms with Crippen LogP contribution in [0.15, 0.2) is 0 Å². The van der Waals surface area contributed by atoms with Crippen LogP contribution in [0.2, 0.25) is 0 Å². The van der Waals surface area contributed by atoms with E-state index in [1.165, 1.54) is 51.4 Å². The summed E-state index contributed by atoms with van der Waals surface area (Å²) in [6.45, 7) is 7.62. The van der Waals surface area contributed by atoms with Crippen molar-refractivity contribution in [2.45, 2.75) is 71.3 Å². The number of hydrogen-bond acceptors (Lipinski definition) is 2. The molecule has 2 atom stereocenters. The van der Waals surface area contributed by atoms with Crippen molar-refractivity contribution in [1.82, 2.24) is 5.32 Å².